The van der Waals surface area contributed by atoms with Crippen molar-refractivity contribution in [3.05, 3.63) is 130 Å². The van der Waals surface area contributed by atoms with Crippen molar-refractivity contribution < 1.29 is 9.53 Å². The zero-order valence-corrected chi connectivity index (χ0v) is 21.7. The second-order valence-electron chi connectivity index (χ2n) is 9.75. The van der Waals surface area contributed by atoms with Gasteiger partial charge in [-0.1, -0.05) is 91.5 Å². The number of carbonyl (C=O) groups excluding carboxylic acids is 1. The minimum atomic E-state index is -0.0789. The molecule has 0 saturated heterocycles. The van der Waals surface area contributed by atoms with E-state index in [1.807, 2.05) is 78.9 Å². The molecule has 0 aliphatic heterocycles. The topological polar surface area (TPSA) is 29.5 Å². The van der Waals surface area contributed by atoms with Crippen LogP contribution in [0.15, 0.2) is 103 Å². The summed E-state index contributed by atoms with van der Waals surface area (Å²) >= 11 is 6.27. The predicted molar refractivity (Wildman–Crippen MR) is 151 cm³/mol. The van der Waals surface area contributed by atoms with Gasteiger partial charge in [0.25, 0.3) is 5.91 Å². The molecule has 5 rings (SSSR count). The van der Waals surface area contributed by atoms with E-state index in [1.165, 1.54) is 37.7 Å². The van der Waals surface area contributed by atoms with Crippen LogP contribution in [0.4, 0.5) is 5.69 Å². The molecule has 0 unspecified atom stereocenters. The van der Waals surface area contributed by atoms with E-state index in [1.54, 1.807) is 4.90 Å². The van der Waals surface area contributed by atoms with Gasteiger partial charge in [0, 0.05) is 16.3 Å². The standard InChI is InChI=1S/C33H32ClNO2/c34-30-15-8-16-31(22-30)35(23-25-9-3-1-4-10-25)33(36)29-14-7-11-26(21-29)24-37-32-19-17-28(18-20-32)27-12-5-2-6-13-27/h1,3-4,7-11,14-22,27H,2,5-6,12-13,23-24H2. The van der Waals surface area contributed by atoms with Gasteiger partial charge in [-0.05, 0) is 77.9 Å². The lowest BCUT2D eigenvalue weighted by Gasteiger charge is -2.24. The van der Waals surface area contributed by atoms with Crippen LogP contribution in [0.2, 0.25) is 5.02 Å². The first-order valence-electron chi connectivity index (χ1n) is 13.1. The average molecular weight is 510 g/mol. The Balaban J connectivity index is 1.29. The van der Waals surface area contributed by atoms with E-state index in [4.69, 9.17) is 16.3 Å². The molecule has 0 radical (unpaired) electrons. The Morgan fingerprint density at radius 1 is 0.784 bits per heavy atom. The summed E-state index contributed by atoms with van der Waals surface area (Å²) in [7, 11) is 0. The molecule has 3 nitrogen and oxygen atoms in total. The Labute approximate surface area is 224 Å². The summed E-state index contributed by atoms with van der Waals surface area (Å²) in [6.45, 7) is 0.855. The third kappa shape index (κ3) is 6.61. The normalized spacial score (nSPS) is 13.8. The van der Waals surface area contributed by atoms with Crippen LogP contribution >= 0.6 is 11.6 Å². The molecule has 4 heteroatoms. The summed E-state index contributed by atoms with van der Waals surface area (Å²) in [5, 5.41) is 0.597. The first kappa shape index (κ1) is 25.1. The van der Waals surface area contributed by atoms with Gasteiger partial charge in [-0.15, -0.1) is 0 Å². The molecule has 1 aliphatic rings. The highest BCUT2D eigenvalue weighted by atomic mass is 35.5. The van der Waals surface area contributed by atoms with Gasteiger partial charge in [0.2, 0.25) is 0 Å². The molecule has 1 amide bonds. The van der Waals surface area contributed by atoms with Gasteiger partial charge in [0.05, 0.1) is 6.54 Å². The number of halogens is 1. The van der Waals surface area contributed by atoms with Crippen LogP contribution in [0.5, 0.6) is 5.75 Å². The third-order valence-electron chi connectivity index (χ3n) is 7.08. The lowest BCUT2D eigenvalue weighted by Crippen LogP contribution is -2.30. The molecule has 0 heterocycles. The Morgan fingerprint density at radius 3 is 2.27 bits per heavy atom. The van der Waals surface area contributed by atoms with Crippen LogP contribution in [0.3, 0.4) is 0 Å². The SMILES string of the molecule is O=C(c1cccc(COc2ccc(C3CCCCC3)cc2)c1)N(Cc1ccccc1)c1cccc(Cl)c1. The van der Waals surface area contributed by atoms with Gasteiger partial charge in [-0.2, -0.15) is 0 Å². The Hall–Kier alpha value is -3.56. The number of ether oxygens (including phenoxy) is 1. The van der Waals surface area contributed by atoms with Crippen LogP contribution in [-0.2, 0) is 13.2 Å². The second kappa shape index (κ2) is 12.1. The predicted octanol–water partition coefficient (Wildman–Crippen LogP) is 8.81. The molecule has 0 N–H and O–H groups in total. The maximum Gasteiger partial charge on any atom is 0.258 e. The number of amides is 1. The van der Waals surface area contributed by atoms with Gasteiger partial charge in [-0.3, -0.25) is 4.79 Å². The van der Waals surface area contributed by atoms with Crippen molar-refractivity contribution in [1.82, 2.24) is 0 Å². The molecular formula is C33H32ClNO2. The van der Waals surface area contributed by atoms with E-state index in [2.05, 4.69) is 24.3 Å². The van der Waals surface area contributed by atoms with Crippen molar-refractivity contribution in [2.75, 3.05) is 4.90 Å². The van der Waals surface area contributed by atoms with Gasteiger partial charge >= 0.3 is 0 Å². The first-order valence-corrected chi connectivity index (χ1v) is 13.5. The summed E-state index contributed by atoms with van der Waals surface area (Å²) in [4.78, 5) is 15.5. The second-order valence-corrected chi connectivity index (χ2v) is 10.2. The minimum Gasteiger partial charge on any atom is -0.489 e. The molecule has 1 aliphatic carbocycles. The van der Waals surface area contributed by atoms with Crippen molar-refractivity contribution in [2.45, 2.75) is 51.2 Å². The van der Waals surface area contributed by atoms with E-state index in [-0.39, 0.29) is 5.91 Å². The van der Waals surface area contributed by atoms with Crippen molar-refractivity contribution in [1.29, 1.82) is 0 Å². The number of carbonyl (C=O) groups is 1. The summed E-state index contributed by atoms with van der Waals surface area (Å²) in [6, 6.07) is 33.6. The van der Waals surface area contributed by atoms with Gasteiger partial charge in [-0.25, -0.2) is 0 Å². The van der Waals surface area contributed by atoms with Crippen molar-refractivity contribution in [2.24, 2.45) is 0 Å². The zero-order valence-electron chi connectivity index (χ0n) is 21.0. The Kier molecular flexibility index (Phi) is 8.22. The fourth-order valence-corrected chi connectivity index (χ4v) is 5.26. The van der Waals surface area contributed by atoms with E-state index in [9.17, 15) is 4.79 Å². The quantitative estimate of drug-likeness (QED) is 0.237. The average Bonchev–Trinajstić information content (AvgIpc) is 2.96. The summed E-state index contributed by atoms with van der Waals surface area (Å²) in [5.41, 5.74) is 4.80. The molecule has 0 atom stereocenters. The van der Waals surface area contributed by atoms with Crippen LogP contribution in [0.25, 0.3) is 0 Å². The molecule has 0 bridgehead atoms. The van der Waals surface area contributed by atoms with Crippen LogP contribution in [0.1, 0.15) is 65.1 Å². The van der Waals surface area contributed by atoms with E-state index < -0.39 is 0 Å². The van der Waals surface area contributed by atoms with Gasteiger partial charge < -0.3 is 9.64 Å². The molecule has 0 aromatic heterocycles. The number of nitrogens with zero attached hydrogens (tertiary/aromatic N) is 1. The molecule has 1 saturated carbocycles. The van der Waals surface area contributed by atoms with Crippen LogP contribution in [-0.4, -0.2) is 5.91 Å². The third-order valence-corrected chi connectivity index (χ3v) is 7.32. The number of hydrogen-bond acceptors (Lipinski definition) is 2. The highest BCUT2D eigenvalue weighted by Gasteiger charge is 2.19. The lowest BCUT2D eigenvalue weighted by molar-refractivity contribution is 0.0985. The monoisotopic (exact) mass is 509 g/mol. The largest absolute Gasteiger partial charge is 0.489 e. The fraction of sp³-hybridized carbons (Fsp3) is 0.242. The van der Waals surface area contributed by atoms with Crippen LogP contribution in [0, 0.1) is 0 Å². The number of anilines is 1. The molecule has 0 spiro atoms. The first-order chi connectivity index (χ1) is 18.2. The van der Waals surface area contributed by atoms with Crippen molar-refractivity contribution in [3.8, 4) is 5.75 Å². The lowest BCUT2D eigenvalue weighted by atomic mass is 9.84. The summed E-state index contributed by atoms with van der Waals surface area (Å²) in [6.07, 6.45) is 6.60. The van der Waals surface area contributed by atoms with Crippen LogP contribution < -0.4 is 9.64 Å². The highest BCUT2D eigenvalue weighted by molar-refractivity contribution is 6.31. The Bertz CT molecular complexity index is 1310. The summed E-state index contributed by atoms with van der Waals surface area (Å²) < 4.78 is 6.08. The van der Waals surface area contributed by atoms with Gasteiger partial charge in [0.15, 0.2) is 0 Å². The minimum absolute atomic E-state index is 0.0789. The van der Waals surface area contributed by atoms with Crippen molar-refractivity contribution in [3.63, 3.8) is 0 Å². The smallest absolute Gasteiger partial charge is 0.258 e. The van der Waals surface area contributed by atoms with Crippen molar-refractivity contribution >= 4 is 23.2 Å². The number of hydrogen-bond donors (Lipinski definition) is 0. The zero-order chi connectivity index (χ0) is 25.5. The highest BCUT2D eigenvalue weighted by Crippen LogP contribution is 2.33. The maximum atomic E-state index is 13.7. The molecule has 4 aromatic carbocycles. The molecule has 4 aromatic rings. The molecule has 1 fully saturated rings. The van der Waals surface area contributed by atoms with E-state index in [0.717, 1.165) is 22.6 Å². The van der Waals surface area contributed by atoms with E-state index >= 15 is 0 Å². The number of benzene rings is 4. The Morgan fingerprint density at radius 2 is 1.51 bits per heavy atom. The maximum absolute atomic E-state index is 13.7. The molecule has 188 valence electrons. The van der Waals surface area contributed by atoms with E-state index in [0.29, 0.717) is 29.7 Å². The number of rotatable bonds is 8. The molecular weight excluding hydrogens is 478 g/mol. The fourth-order valence-electron chi connectivity index (χ4n) is 5.08. The molecule has 37 heavy (non-hydrogen) atoms. The van der Waals surface area contributed by atoms with Gasteiger partial charge in [0.1, 0.15) is 12.4 Å². The summed E-state index contributed by atoms with van der Waals surface area (Å²) in [5.74, 6) is 1.45.